The number of carbonyl (C=O) groups excluding carboxylic acids is 1. The molecule has 0 spiro atoms. The third-order valence-corrected chi connectivity index (χ3v) is 5.35. The number of likely N-dealkylation sites (tertiary alicyclic amines) is 1. The molecule has 5 heteroatoms. The molecule has 4 rings (SSSR count). The number of rotatable bonds is 4. The number of aromatic nitrogens is 2. The van der Waals surface area contributed by atoms with Crippen molar-refractivity contribution in [2.75, 3.05) is 26.3 Å². The highest BCUT2D eigenvalue weighted by Gasteiger charge is 2.38. The highest BCUT2D eigenvalue weighted by molar-refractivity contribution is 5.80. The standard InChI is InChI=1S/C17H25N3O2/c1-12-8-18-16(20(12)9-13-2-3-13)15-10-19(11-15)17(21)14-4-6-22-7-5-14/h8,13-15H,2-7,9-11H2,1H3. The second kappa shape index (κ2) is 5.69. The largest absolute Gasteiger partial charge is 0.381 e. The van der Waals surface area contributed by atoms with Gasteiger partial charge in [0.15, 0.2) is 0 Å². The van der Waals surface area contributed by atoms with Crippen molar-refractivity contribution in [2.24, 2.45) is 11.8 Å². The van der Waals surface area contributed by atoms with Gasteiger partial charge in [0, 0.05) is 50.7 Å². The van der Waals surface area contributed by atoms with Gasteiger partial charge in [-0.1, -0.05) is 0 Å². The van der Waals surface area contributed by atoms with Gasteiger partial charge in [0.25, 0.3) is 0 Å². The van der Waals surface area contributed by atoms with E-state index in [-0.39, 0.29) is 5.92 Å². The van der Waals surface area contributed by atoms with Crippen molar-refractivity contribution in [3.8, 4) is 0 Å². The summed E-state index contributed by atoms with van der Waals surface area (Å²) < 4.78 is 7.74. The van der Waals surface area contributed by atoms with Crippen LogP contribution in [0.1, 0.15) is 43.1 Å². The van der Waals surface area contributed by atoms with Gasteiger partial charge in [-0.25, -0.2) is 4.98 Å². The van der Waals surface area contributed by atoms with Crippen molar-refractivity contribution < 1.29 is 9.53 Å². The minimum absolute atomic E-state index is 0.183. The van der Waals surface area contributed by atoms with E-state index in [0.717, 1.165) is 51.6 Å². The van der Waals surface area contributed by atoms with Crippen LogP contribution in [0.25, 0.3) is 0 Å². The van der Waals surface area contributed by atoms with Crippen LogP contribution in [-0.4, -0.2) is 46.7 Å². The first-order chi connectivity index (χ1) is 10.7. The van der Waals surface area contributed by atoms with Crippen LogP contribution in [0.15, 0.2) is 6.20 Å². The normalized spacial score (nSPS) is 23.6. The number of ether oxygens (including phenoxy) is 1. The van der Waals surface area contributed by atoms with E-state index in [1.165, 1.54) is 24.4 Å². The van der Waals surface area contributed by atoms with E-state index in [4.69, 9.17) is 4.74 Å². The first-order valence-electron chi connectivity index (χ1n) is 8.61. The fraction of sp³-hybridized carbons (Fsp3) is 0.765. The predicted molar refractivity (Wildman–Crippen MR) is 82.6 cm³/mol. The van der Waals surface area contributed by atoms with Crippen molar-refractivity contribution in [3.05, 3.63) is 17.7 Å². The molecular formula is C17H25N3O2. The van der Waals surface area contributed by atoms with E-state index in [2.05, 4.69) is 16.5 Å². The molecule has 2 aliphatic heterocycles. The number of carbonyl (C=O) groups is 1. The van der Waals surface area contributed by atoms with Crippen LogP contribution >= 0.6 is 0 Å². The Balaban J connectivity index is 1.37. The molecule has 5 nitrogen and oxygen atoms in total. The van der Waals surface area contributed by atoms with Gasteiger partial charge in [0.05, 0.1) is 5.92 Å². The Morgan fingerprint density at radius 3 is 2.68 bits per heavy atom. The molecule has 0 aromatic carbocycles. The zero-order valence-electron chi connectivity index (χ0n) is 13.3. The van der Waals surface area contributed by atoms with Crippen LogP contribution in [-0.2, 0) is 16.1 Å². The smallest absolute Gasteiger partial charge is 0.225 e. The van der Waals surface area contributed by atoms with Crippen LogP contribution in [0, 0.1) is 18.8 Å². The third kappa shape index (κ3) is 2.67. The average molecular weight is 303 g/mol. The Bertz CT molecular complexity index is 552. The molecule has 0 N–H and O–H groups in total. The Morgan fingerprint density at radius 1 is 1.27 bits per heavy atom. The summed E-state index contributed by atoms with van der Waals surface area (Å²) in [5, 5.41) is 0. The predicted octanol–water partition coefficient (Wildman–Crippen LogP) is 1.95. The number of imidazole rings is 1. The molecule has 0 atom stereocenters. The first kappa shape index (κ1) is 14.2. The highest BCUT2D eigenvalue weighted by Crippen LogP contribution is 2.34. The van der Waals surface area contributed by atoms with Gasteiger partial charge >= 0.3 is 0 Å². The molecule has 120 valence electrons. The third-order valence-electron chi connectivity index (χ3n) is 5.35. The van der Waals surface area contributed by atoms with E-state index in [1.54, 1.807) is 0 Å². The summed E-state index contributed by atoms with van der Waals surface area (Å²) in [6.45, 7) is 6.42. The molecule has 3 heterocycles. The topological polar surface area (TPSA) is 47.4 Å². The molecule has 22 heavy (non-hydrogen) atoms. The lowest BCUT2D eigenvalue weighted by Crippen LogP contribution is -2.52. The van der Waals surface area contributed by atoms with Gasteiger partial charge in [-0.15, -0.1) is 0 Å². The number of nitrogens with zero attached hydrogens (tertiary/aromatic N) is 3. The van der Waals surface area contributed by atoms with Gasteiger partial charge in [-0.05, 0) is 38.5 Å². The summed E-state index contributed by atoms with van der Waals surface area (Å²) in [5.74, 6) is 2.99. The minimum Gasteiger partial charge on any atom is -0.381 e. The monoisotopic (exact) mass is 303 g/mol. The molecule has 1 aromatic heterocycles. The van der Waals surface area contributed by atoms with E-state index >= 15 is 0 Å². The zero-order valence-corrected chi connectivity index (χ0v) is 13.3. The summed E-state index contributed by atoms with van der Waals surface area (Å²) in [7, 11) is 0. The Hall–Kier alpha value is -1.36. The molecule has 0 radical (unpaired) electrons. The second-order valence-electron chi connectivity index (χ2n) is 7.14. The number of amides is 1. The van der Waals surface area contributed by atoms with Crippen LogP contribution in [0.5, 0.6) is 0 Å². The fourth-order valence-corrected chi connectivity index (χ4v) is 3.63. The SMILES string of the molecule is Cc1cnc(C2CN(C(=O)C3CCOCC3)C2)n1CC1CC1. The molecule has 0 bridgehead atoms. The van der Waals surface area contributed by atoms with Gasteiger partial charge in [0.1, 0.15) is 5.82 Å². The van der Waals surface area contributed by atoms with Crippen LogP contribution in [0.2, 0.25) is 0 Å². The highest BCUT2D eigenvalue weighted by atomic mass is 16.5. The zero-order chi connectivity index (χ0) is 15.1. The van der Waals surface area contributed by atoms with Crippen molar-refractivity contribution in [1.82, 2.24) is 14.5 Å². The van der Waals surface area contributed by atoms with Crippen LogP contribution in [0.3, 0.4) is 0 Å². The van der Waals surface area contributed by atoms with Gasteiger partial charge in [0.2, 0.25) is 5.91 Å². The van der Waals surface area contributed by atoms with E-state index < -0.39 is 0 Å². The fourth-order valence-electron chi connectivity index (χ4n) is 3.63. The Labute approximate surface area is 131 Å². The van der Waals surface area contributed by atoms with Crippen molar-refractivity contribution in [2.45, 2.75) is 45.1 Å². The molecule has 1 aliphatic carbocycles. The summed E-state index contributed by atoms with van der Waals surface area (Å²) in [6.07, 6.45) is 6.47. The maximum Gasteiger partial charge on any atom is 0.225 e. The van der Waals surface area contributed by atoms with Crippen LogP contribution in [0.4, 0.5) is 0 Å². The molecule has 1 aromatic rings. The van der Waals surface area contributed by atoms with Crippen LogP contribution < -0.4 is 0 Å². The average Bonchev–Trinajstić information content (AvgIpc) is 3.25. The maximum absolute atomic E-state index is 12.5. The minimum atomic E-state index is 0.183. The van der Waals surface area contributed by atoms with Crippen molar-refractivity contribution >= 4 is 5.91 Å². The quantitative estimate of drug-likeness (QED) is 0.854. The lowest BCUT2D eigenvalue weighted by atomic mass is 9.93. The molecular weight excluding hydrogens is 278 g/mol. The summed E-state index contributed by atoms with van der Waals surface area (Å²) in [5.41, 5.74) is 1.26. The second-order valence-corrected chi connectivity index (χ2v) is 7.14. The molecule has 2 saturated heterocycles. The van der Waals surface area contributed by atoms with E-state index in [9.17, 15) is 4.79 Å². The molecule has 1 amide bonds. The summed E-state index contributed by atoms with van der Waals surface area (Å²) >= 11 is 0. The Kier molecular flexibility index (Phi) is 3.68. The maximum atomic E-state index is 12.5. The summed E-state index contributed by atoms with van der Waals surface area (Å²) in [6, 6.07) is 0. The number of aryl methyl sites for hydroxylation is 1. The number of hydrogen-bond acceptors (Lipinski definition) is 3. The van der Waals surface area contributed by atoms with E-state index in [1.807, 2.05) is 11.1 Å². The molecule has 1 saturated carbocycles. The van der Waals surface area contributed by atoms with Gasteiger partial charge < -0.3 is 14.2 Å². The summed E-state index contributed by atoms with van der Waals surface area (Å²) in [4.78, 5) is 19.1. The molecule has 3 fully saturated rings. The van der Waals surface area contributed by atoms with Crippen molar-refractivity contribution in [3.63, 3.8) is 0 Å². The van der Waals surface area contributed by atoms with Crippen molar-refractivity contribution in [1.29, 1.82) is 0 Å². The van der Waals surface area contributed by atoms with E-state index in [0.29, 0.717) is 11.8 Å². The lowest BCUT2D eigenvalue weighted by molar-refractivity contribution is -0.143. The van der Waals surface area contributed by atoms with Gasteiger partial charge in [-0.2, -0.15) is 0 Å². The van der Waals surface area contributed by atoms with Gasteiger partial charge in [-0.3, -0.25) is 4.79 Å². The molecule has 3 aliphatic rings. The first-order valence-corrected chi connectivity index (χ1v) is 8.61. The molecule has 0 unspecified atom stereocenters. The Morgan fingerprint density at radius 2 is 2.00 bits per heavy atom. The number of hydrogen-bond donors (Lipinski definition) is 0. The lowest BCUT2D eigenvalue weighted by Gasteiger charge is -2.41.